The smallest absolute Gasteiger partial charge is 0.265 e. The number of benzene rings is 3. The number of aromatic nitrogens is 3. The van der Waals surface area contributed by atoms with E-state index in [0.29, 0.717) is 28.8 Å². The van der Waals surface area contributed by atoms with Crippen LogP contribution in [0.1, 0.15) is 46.6 Å². The molecule has 1 aliphatic carbocycles. The number of hydrogen-bond acceptors (Lipinski definition) is 5. The number of primary amides is 1. The van der Waals surface area contributed by atoms with Crippen LogP contribution in [0.25, 0.3) is 38.8 Å². The maximum atomic E-state index is 13.7. The zero-order valence-corrected chi connectivity index (χ0v) is 21.6. The highest BCUT2D eigenvalue weighted by Gasteiger charge is 2.30. The molecule has 0 unspecified atom stereocenters. The highest BCUT2D eigenvalue weighted by atomic mass is 19.1. The Hall–Kier alpha value is -4.69. The second kappa shape index (κ2) is 8.68. The maximum Gasteiger partial charge on any atom is 0.265 e. The molecule has 2 aromatic heterocycles. The maximum absolute atomic E-state index is 13.7. The van der Waals surface area contributed by atoms with Gasteiger partial charge < -0.3 is 10.8 Å². The minimum atomic E-state index is -1.15. The highest BCUT2D eigenvalue weighted by Crippen LogP contribution is 2.46. The second-order valence-corrected chi connectivity index (χ2v) is 10.4. The molecule has 2 heterocycles. The molecule has 39 heavy (non-hydrogen) atoms. The van der Waals surface area contributed by atoms with Gasteiger partial charge in [0.05, 0.1) is 22.3 Å². The number of halogens is 1. The van der Waals surface area contributed by atoms with Crippen molar-refractivity contribution in [3.63, 3.8) is 0 Å². The first-order valence-electron chi connectivity index (χ1n) is 12.5. The first-order valence-corrected chi connectivity index (χ1v) is 12.5. The zero-order valence-electron chi connectivity index (χ0n) is 21.6. The van der Waals surface area contributed by atoms with Crippen LogP contribution >= 0.6 is 0 Å². The Morgan fingerprint density at radius 1 is 1.05 bits per heavy atom. The Morgan fingerprint density at radius 3 is 2.59 bits per heavy atom. The van der Waals surface area contributed by atoms with Crippen LogP contribution in [0, 0.1) is 12.7 Å². The minimum absolute atomic E-state index is 0.290. The van der Waals surface area contributed by atoms with Crippen LogP contribution in [0.2, 0.25) is 0 Å². The summed E-state index contributed by atoms with van der Waals surface area (Å²) in [7, 11) is 0. The lowest BCUT2D eigenvalue weighted by Crippen LogP contribution is -2.20. The van der Waals surface area contributed by atoms with Crippen molar-refractivity contribution in [3.8, 4) is 27.9 Å². The van der Waals surface area contributed by atoms with E-state index in [1.807, 2.05) is 37.3 Å². The summed E-state index contributed by atoms with van der Waals surface area (Å²) in [6.45, 7) is 5.27. The molecule has 0 bridgehead atoms. The summed E-state index contributed by atoms with van der Waals surface area (Å²) < 4.78 is 15.1. The lowest BCUT2D eigenvalue weighted by Gasteiger charge is -2.19. The van der Waals surface area contributed by atoms with E-state index in [0.717, 1.165) is 38.9 Å². The number of amides is 1. The van der Waals surface area contributed by atoms with Crippen LogP contribution in [0.5, 0.6) is 0 Å². The molecule has 8 heteroatoms. The van der Waals surface area contributed by atoms with E-state index in [1.54, 1.807) is 26.1 Å². The van der Waals surface area contributed by atoms with Crippen LogP contribution in [0.4, 0.5) is 4.39 Å². The Labute approximate surface area is 223 Å². The van der Waals surface area contributed by atoms with Gasteiger partial charge in [-0.25, -0.2) is 9.37 Å². The molecule has 0 saturated carbocycles. The third-order valence-corrected chi connectivity index (χ3v) is 7.40. The molecule has 1 aliphatic rings. The molecular weight excluding hydrogens is 495 g/mol. The number of carbonyl (C=O) groups excluding carboxylic acids is 1. The van der Waals surface area contributed by atoms with Crippen molar-refractivity contribution in [2.45, 2.75) is 32.8 Å². The lowest BCUT2D eigenvalue weighted by atomic mass is 9.88. The molecule has 6 rings (SSSR count). The van der Waals surface area contributed by atoms with Crippen LogP contribution in [0.15, 0.2) is 71.9 Å². The monoisotopic (exact) mass is 520 g/mol. The number of fused-ring (bicyclic) bond motifs is 4. The summed E-state index contributed by atoms with van der Waals surface area (Å²) in [5.41, 5.74) is 12.2. The summed E-state index contributed by atoms with van der Waals surface area (Å²) in [6.07, 6.45) is 3.64. The van der Waals surface area contributed by atoms with Crippen molar-refractivity contribution < 1.29 is 14.3 Å². The molecule has 0 aliphatic heterocycles. The van der Waals surface area contributed by atoms with Gasteiger partial charge in [-0.3, -0.25) is 19.1 Å². The van der Waals surface area contributed by atoms with Crippen LogP contribution in [0.3, 0.4) is 0 Å². The zero-order chi connectivity index (χ0) is 27.6. The van der Waals surface area contributed by atoms with Crippen molar-refractivity contribution in [1.29, 1.82) is 0 Å². The van der Waals surface area contributed by atoms with Crippen LogP contribution < -0.4 is 11.3 Å². The fourth-order valence-corrected chi connectivity index (χ4v) is 5.42. The summed E-state index contributed by atoms with van der Waals surface area (Å²) in [5.74, 6) is -0.973. The minimum Gasteiger partial charge on any atom is -0.384 e. The topological polar surface area (TPSA) is 111 Å². The second-order valence-electron chi connectivity index (χ2n) is 10.4. The number of nitrogens with two attached hydrogens (primary N) is 1. The number of carbonyl (C=O) groups is 1. The number of nitrogens with zero attached hydrogens (tertiary/aromatic N) is 3. The molecule has 194 valence electrons. The fourth-order valence-electron chi connectivity index (χ4n) is 5.42. The molecule has 0 spiro atoms. The molecule has 3 aromatic carbocycles. The third-order valence-electron chi connectivity index (χ3n) is 7.40. The summed E-state index contributed by atoms with van der Waals surface area (Å²) >= 11 is 0. The molecule has 7 nitrogen and oxygen atoms in total. The number of aliphatic hydroxyl groups is 1. The van der Waals surface area contributed by atoms with Crippen LogP contribution in [-0.4, -0.2) is 25.5 Å². The molecule has 0 fully saturated rings. The normalized spacial score (nSPS) is 12.4. The third kappa shape index (κ3) is 3.92. The fraction of sp³-hybridized carbons (Fsp3) is 0.161. The van der Waals surface area contributed by atoms with E-state index < -0.39 is 17.3 Å². The Kier molecular flexibility index (Phi) is 5.48. The van der Waals surface area contributed by atoms with E-state index in [4.69, 9.17) is 5.73 Å². The van der Waals surface area contributed by atoms with Gasteiger partial charge in [-0.05, 0) is 90.0 Å². The summed E-state index contributed by atoms with van der Waals surface area (Å²) in [5, 5.41) is 10.9. The van der Waals surface area contributed by atoms with Gasteiger partial charge in [-0.15, -0.1) is 0 Å². The first kappa shape index (κ1) is 24.6. The van der Waals surface area contributed by atoms with Gasteiger partial charge >= 0.3 is 0 Å². The van der Waals surface area contributed by atoms with Crippen molar-refractivity contribution >= 4 is 16.8 Å². The molecular formula is C31H25FN4O3. The van der Waals surface area contributed by atoms with E-state index in [9.17, 15) is 19.1 Å². The summed E-state index contributed by atoms with van der Waals surface area (Å²) in [4.78, 5) is 34.5. The molecule has 0 saturated heterocycles. The first-order chi connectivity index (χ1) is 18.5. The van der Waals surface area contributed by atoms with Crippen LogP contribution in [-0.2, 0) is 12.0 Å². The molecule has 1 amide bonds. The number of pyridine rings is 1. The molecule has 0 atom stereocenters. The Balaban J connectivity index is 1.59. The lowest BCUT2D eigenvalue weighted by molar-refractivity contribution is 0.0739. The van der Waals surface area contributed by atoms with E-state index in [2.05, 4.69) is 9.97 Å². The Bertz CT molecular complexity index is 1900. The van der Waals surface area contributed by atoms with Gasteiger partial charge in [-0.2, -0.15) is 0 Å². The number of rotatable bonds is 4. The number of hydrogen-bond donors (Lipinski definition) is 2. The SMILES string of the molecule is Cc1c(-c2ccc(C(N)=O)c3c2-c2cc(C(C)(C)O)ncc2C3)cccc1-n1cnc2cc(F)ccc2c1=O. The predicted molar refractivity (Wildman–Crippen MR) is 147 cm³/mol. The highest BCUT2D eigenvalue weighted by molar-refractivity contribution is 6.02. The van der Waals surface area contributed by atoms with Gasteiger partial charge in [-0.1, -0.05) is 18.2 Å². The van der Waals surface area contributed by atoms with Gasteiger partial charge in [0.2, 0.25) is 5.91 Å². The average Bonchev–Trinajstić information content (AvgIpc) is 3.27. The Morgan fingerprint density at radius 2 is 1.85 bits per heavy atom. The van der Waals surface area contributed by atoms with E-state index in [1.165, 1.54) is 29.1 Å². The van der Waals surface area contributed by atoms with Gasteiger partial charge in [0, 0.05) is 24.2 Å². The van der Waals surface area contributed by atoms with Crippen molar-refractivity contribution in [3.05, 3.63) is 111 Å². The van der Waals surface area contributed by atoms with Crippen molar-refractivity contribution in [2.75, 3.05) is 0 Å². The van der Waals surface area contributed by atoms with Gasteiger partial charge in [0.25, 0.3) is 5.56 Å². The largest absolute Gasteiger partial charge is 0.384 e. The van der Waals surface area contributed by atoms with Gasteiger partial charge in [0.1, 0.15) is 17.7 Å². The van der Waals surface area contributed by atoms with Crippen molar-refractivity contribution in [2.24, 2.45) is 5.73 Å². The van der Waals surface area contributed by atoms with Gasteiger partial charge in [0.15, 0.2) is 0 Å². The van der Waals surface area contributed by atoms with Crippen molar-refractivity contribution in [1.82, 2.24) is 14.5 Å². The summed E-state index contributed by atoms with van der Waals surface area (Å²) in [6, 6.07) is 15.0. The quantitative estimate of drug-likeness (QED) is 0.347. The molecule has 0 radical (unpaired) electrons. The standard InChI is InChI=1S/C31H25FN4O3/c1-16-19(5-4-6-26(16)36-15-35-25-12-18(32)7-8-22(25)30(36)38)20-9-10-21(29(33)37)24-11-17-14-34-27(31(2,3)39)13-23(17)28(20)24/h4-10,12-15,39H,11H2,1-3H3,(H2,33,37). The predicted octanol–water partition coefficient (Wildman–Crippen LogP) is 4.79. The molecule has 3 N–H and O–H groups in total. The van der Waals surface area contributed by atoms with E-state index >= 15 is 0 Å². The van der Waals surface area contributed by atoms with E-state index in [-0.39, 0.29) is 11.1 Å². The average molecular weight is 521 g/mol. The molecule has 5 aromatic rings.